The van der Waals surface area contributed by atoms with E-state index in [0.29, 0.717) is 10.4 Å². The zero-order valence-corrected chi connectivity index (χ0v) is 13.2. The van der Waals surface area contributed by atoms with Gasteiger partial charge in [-0.25, -0.2) is 4.39 Å². The van der Waals surface area contributed by atoms with Crippen LogP contribution in [0.2, 0.25) is 0 Å². The molecule has 19 heavy (non-hydrogen) atoms. The predicted octanol–water partition coefficient (Wildman–Crippen LogP) is 6.04. The number of hydrogen-bond donors (Lipinski definition) is 0. The fourth-order valence-corrected chi connectivity index (χ4v) is 2.98. The molecule has 1 atom stereocenters. The summed E-state index contributed by atoms with van der Waals surface area (Å²) >= 11 is 9.83. The molecule has 0 aliphatic carbocycles. The van der Waals surface area contributed by atoms with Crippen LogP contribution in [0.5, 0.6) is 0 Å². The lowest BCUT2D eigenvalue weighted by Crippen LogP contribution is -1.96. The average Bonchev–Trinajstić information content (AvgIpc) is 2.38. The zero-order chi connectivity index (χ0) is 14.0. The normalized spacial score (nSPS) is 12.7. The Balaban J connectivity index is 2.30. The maximum Gasteiger partial charge on any atom is 0.124 e. The van der Waals surface area contributed by atoms with Crippen LogP contribution in [0.1, 0.15) is 41.8 Å². The van der Waals surface area contributed by atoms with E-state index in [1.54, 1.807) is 6.07 Å². The Morgan fingerprint density at radius 3 is 2.11 bits per heavy atom. The van der Waals surface area contributed by atoms with Crippen LogP contribution >= 0.6 is 27.5 Å². The summed E-state index contributed by atoms with van der Waals surface area (Å²) in [6.45, 7) is 4.31. The molecular formula is C16H15BrClF. The molecule has 0 bridgehead atoms. The van der Waals surface area contributed by atoms with E-state index in [9.17, 15) is 4.39 Å². The van der Waals surface area contributed by atoms with E-state index in [4.69, 9.17) is 11.6 Å². The van der Waals surface area contributed by atoms with Crippen LogP contribution in [0.4, 0.5) is 4.39 Å². The minimum absolute atomic E-state index is 0.269. The summed E-state index contributed by atoms with van der Waals surface area (Å²) in [4.78, 5) is 0. The maximum atomic E-state index is 13.1. The van der Waals surface area contributed by atoms with Crippen molar-refractivity contribution in [3.63, 3.8) is 0 Å². The van der Waals surface area contributed by atoms with Gasteiger partial charge >= 0.3 is 0 Å². The van der Waals surface area contributed by atoms with Gasteiger partial charge in [-0.1, -0.05) is 60.1 Å². The van der Waals surface area contributed by atoms with E-state index in [-0.39, 0.29) is 11.2 Å². The predicted molar refractivity (Wildman–Crippen MR) is 82.3 cm³/mol. The molecule has 0 N–H and O–H groups in total. The molecule has 0 amide bonds. The van der Waals surface area contributed by atoms with Gasteiger partial charge in [-0.3, -0.25) is 0 Å². The summed E-state index contributed by atoms with van der Waals surface area (Å²) < 4.78 is 13.8. The summed E-state index contributed by atoms with van der Waals surface area (Å²) in [7, 11) is 0. The molecule has 2 aromatic rings. The Bertz CT molecular complexity index is 563. The number of alkyl halides is 1. The number of benzene rings is 2. The second-order valence-corrected chi connectivity index (χ2v) is 6.14. The SMILES string of the molecule is CC(C)c1ccc(C(Cl)c2ccc(F)cc2Br)cc1. The summed E-state index contributed by atoms with van der Waals surface area (Å²) in [6, 6.07) is 12.8. The molecular weight excluding hydrogens is 327 g/mol. The van der Waals surface area contributed by atoms with Crippen molar-refractivity contribution in [1.29, 1.82) is 0 Å². The van der Waals surface area contributed by atoms with Crippen LogP contribution in [0.3, 0.4) is 0 Å². The molecule has 1 unspecified atom stereocenters. The first-order valence-electron chi connectivity index (χ1n) is 6.18. The van der Waals surface area contributed by atoms with E-state index >= 15 is 0 Å². The van der Waals surface area contributed by atoms with Crippen molar-refractivity contribution in [2.24, 2.45) is 0 Å². The summed E-state index contributed by atoms with van der Waals surface area (Å²) in [5.41, 5.74) is 3.17. The largest absolute Gasteiger partial charge is 0.207 e. The molecule has 0 saturated carbocycles. The van der Waals surface area contributed by atoms with Crippen LogP contribution < -0.4 is 0 Å². The lowest BCUT2D eigenvalue weighted by Gasteiger charge is -2.14. The van der Waals surface area contributed by atoms with Crippen LogP contribution in [0.25, 0.3) is 0 Å². The Morgan fingerprint density at radius 2 is 1.58 bits per heavy atom. The first kappa shape index (κ1) is 14.5. The molecule has 2 rings (SSSR count). The number of halogens is 3. The van der Waals surface area contributed by atoms with Crippen molar-refractivity contribution < 1.29 is 4.39 Å². The van der Waals surface area contributed by atoms with Crippen molar-refractivity contribution in [3.8, 4) is 0 Å². The number of hydrogen-bond acceptors (Lipinski definition) is 0. The van der Waals surface area contributed by atoms with Gasteiger partial charge < -0.3 is 0 Å². The molecule has 0 saturated heterocycles. The van der Waals surface area contributed by atoms with E-state index in [2.05, 4.69) is 41.9 Å². The maximum absolute atomic E-state index is 13.1. The van der Waals surface area contributed by atoms with Gasteiger partial charge in [0.1, 0.15) is 5.82 Å². The van der Waals surface area contributed by atoms with Gasteiger partial charge in [-0.05, 0) is 34.7 Å². The van der Waals surface area contributed by atoms with Gasteiger partial charge in [0.05, 0.1) is 5.38 Å². The third-order valence-electron chi connectivity index (χ3n) is 3.13. The summed E-state index contributed by atoms with van der Waals surface area (Å²) in [5, 5.41) is -0.281. The molecule has 0 aliphatic rings. The number of rotatable bonds is 3. The molecule has 0 aromatic heterocycles. The third kappa shape index (κ3) is 3.37. The minimum atomic E-state index is -0.281. The molecule has 2 aromatic carbocycles. The summed E-state index contributed by atoms with van der Waals surface area (Å²) in [6.07, 6.45) is 0. The van der Waals surface area contributed by atoms with Gasteiger partial charge in [-0.2, -0.15) is 0 Å². The Hall–Kier alpha value is -0.860. The minimum Gasteiger partial charge on any atom is -0.207 e. The van der Waals surface area contributed by atoms with Crippen LogP contribution in [-0.2, 0) is 0 Å². The fourth-order valence-electron chi connectivity index (χ4n) is 1.94. The van der Waals surface area contributed by atoms with Crippen molar-refractivity contribution in [2.45, 2.75) is 25.1 Å². The van der Waals surface area contributed by atoms with Gasteiger partial charge in [-0.15, -0.1) is 11.6 Å². The topological polar surface area (TPSA) is 0 Å². The van der Waals surface area contributed by atoms with Gasteiger partial charge in [0.25, 0.3) is 0 Å². The Morgan fingerprint density at radius 1 is 1.00 bits per heavy atom. The van der Waals surface area contributed by atoms with Crippen molar-refractivity contribution in [2.75, 3.05) is 0 Å². The Kier molecular flexibility index (Phi) is 4.64. The molecule has 0 fully saturated rings. The fraction of sp³-hybridized carbons (Fsp3) is 0.250. The Labute approximate surface area is 126 Å². The second-order valence-electron chi connectivity index (χ2n) is 4.85. The highest BCUT2D eigenvalue weighted by molar-refractivity contribution is 9.10. The first-order chi connectivity index (χ1) is 8.99. The lowest BCUT2D eigenvalue weighted by atomic mass is 9.98. The van der Waals surface area contributed by atoms with E-state index < -0.39 is 0 Å². The molecule has 0 radical (unpaired) electrons. The van der Waals surface area contributed by atoms with Crippen molar-refractivity contribution >= 4 is 27.5 Å². The first-order valence-corrected chi connectivity index (χ1v) is 7.41. The average molecular weight is 342 g/mol. The zero-order valence-electron chi connectivity index (χ0n) is 10.8. The molecule has 3 heteroatoms. The monoisotopic (exact) mass is 340 g/mol. The molecule has 100 valence electrons. The smallest absolute Gasteiger partial charge is 0.124 e. The van der Waals surface area contributed by atoms with Crippen LogP contribution in [0, 0.1) is 5.82 Å². The van der Waals surface area contributed by atoms with Gasteiger partial charge in [0, 0.05) is 4.47 Å². The van der Waals surface area contributed by atoms with Gasteiger partial charge in [0.15, 0.2) is 0 Å². The van der Waals surface area contributed by atoms with Crippen LogP contribution in [0.15, 0.2) is 46.9 Å². The van der Waals surface area contributed by atoms with Gasteiger partial charge in [0.2, 0.25) is 0 Å². The molecule has 0 heterocycles. The van der Waals surface area contributed by atoms with Crippen molar-refractivity contribution in [3.05, 3.63) is 69.4 Å². The molecule has 0 nitrogen and oxygen atoms in total. The van der Waals surface area contributed by atoms with E-state index in [0.717, 1.165) is 11.1 Å². The van der Waals surface area contributed by atoms with E-state index in [1.807, 2.05) is 12.1 Å². The highest BCUT2D eigenvalue weighted by Gasteiger charge is 2.14. The quantitative estimate of drug-likeness (QED) is 0.597. The highest BCUT2D eigenvalue weighted by Crippen LogP contribution is 2.34. The highest BCUT2D eigenvalue weighted by atomic mass is 79.9. The molecule has 0 spiro atoms. The van der Waals surface area contributed by atoms with Crippen LogP contribution in [-0.4, -0.2) is 0 Å². The summed E-state index contributed by atoms with van der Waals surface area (Å²) in [5.74, 6) is 0.232. The molecule has 0 aliphatic heterocycles. The van der Waals surface area contributed by atoms with E-state index in [1.165, 1.54) is 17.7 Å². The standard InChI is InChI=1S/C16H15BrClF/c1-10(2)11-3-5-12(6-4-11)16(18)14-8-7-13(19)9-15(14)17/h3-10,16H,1-2H3. The third-order valence-corrected chi connectivity index (χ3v) is 4.31. The lowest BCUT2D eigenvalue weighted by molar-refractivity contribution is 0.626. The second kappa shape index (κ2) is 6.06. The van der Waals surface area contributed by atoms with Crippen molar-refractivity contribution in [1.82, 2.24) is 0 Å².